The van der Waals surface area contributed by atoms with Gasteiger partial charge in [-0.25, -0.2) is 4.79 Å². The Hall–Kier alpha value is -1.45. The zero-order valence-electron chi connectivity index (χ0n) is 22.7. The first kappa shape index (κ1) is 27.1. The topological polar surface area (TPSA) is 107 Å². The molecule has 0 saturated heterocycles. The Kier molecular flexibility index (Phi) is 7.35. The molecule has 1 amide bonds. The van der Waals surface area contributed by atoms with E-state index >= 15 is 0 Å². The fraction of sp³-hybridized carbons (Fsp3) is 0.880. The van der Waals surface area contributed by atoms with Gasteiger partial charge in [0.05, 0.1) is 6.04 Å². The van der Waals surface area contributed by atoms with E-state index in [4.69, 9.17) is 13.6 Å². The molecule has 0 spiro atoms. The first-order valence-electron chi connectivity index (χ1n) is 12.7. The quantitative estimate of drug-likeness (QED) is 0.424. The molecule has 1 heterocycles. The minimum Gasteiger partial charge on any atom is -0.444 e. The van der Waals surface area contributed by atoms with E-state index < -0.39 is 37.8 Å². The van der Waals surface area contributed by atoms with Crippen LogP contribution in [0.3, 0.4) is 0 Å². The molecule has 2 unspecified atom stereocenters. The summed E-state index contributed by atoms with van der Waals surface area (Å²) in [7, 11) is -2.30. The molecule has 3 rings (SSSR count). The lowest BCUT2D eigenvalue weighted by Crippen LogP contribution is -2.50. The number of nitrogens with zero attached hydrogens (tertiary/aromatic N) is 2. The number of hydrogen-bond donors (Lipinski definition) is 2. The Morgan fingerprint density at radius 1 is 1.06 bits per heavy atom. The lowest BCUT2D eigenvalue weighted by atomic mass is 9.92. The summed E-state index contributed by atoms with van der Waals surface area (Å²) in [6, 6.07) is -0.452. The van der Waals surface area contributed by atoms with Gasteiger partial charge in [-0.3, -0.25) is 0 Å². The molecule has 2 saturated carbocycles. The molecule has 8 nitrogen and oxygen atoms in total. The molecular weight excluding hydrogens is 450 g/mol. The van der Waals surface area contributed by atoms with E-state index in [1.54, 1.807) is 0 Å². The van der Waals surface area contributed by atoms with Crippen molar-refractivity contribution in [1.82, 2.24) is 15.5 Å². The number of amides is 1. The van der Waals surface area contributed by atoms with Gasteiger partial charge >= 0.3 is 6.09 Å². The highest BCUT2D eigenvalue weighted by Crippen LogP contribution is 2.57. The third-order valence-electron chi connectivity index (χ3n) is 7.38. The number of alkyl carbamates (subject to hydrolysis) is 1. The van der Waals surface area contributed by atoms with Gasteiger partial charge in [0.15, 0.2) is 8.32 Å². The molecule has 0 aromatic carbocycles. The van der Waals surface area contributed by atoms with Crippen molar-refractivity contribution in [2.75, 3.05) is 0 Å². The van der Waals surface area contributed by atoms with Crippen molar-refractivity contribution < 1.29 is 23.5 Å². The van der Waals surface area contributed by atoms with E-state index in [0.717, 1.165) is 25.7 Å². The number of nitrogens with one attached hydrogen (secondary N) is 1. The Balaban J connectivity index is 1.96. The van der Waals surface area contributed by atoms with Crippen LogP contribution in [0.5, 0.6) is 0 Å². The Labute approximate surface area is 205 Å². The fourth-order valence-corrected chi connectivity index (χ4v) is 5.28. The van der Waals surface area contributed by atoms with Crippen molar-refractivity contribution in [2.45, 2.75) is 123 Å². The minimum absolute atomic E-state index is 0.00313. The Bertz CT molecular complexity index is 851. The van der Waals surface area contributed by atoms with Crippen LogP contribution in [0.1, 0.15) is 99.0 Å². The summed E-state index contributed by atoms with van der Waals surface area (Å²) in [6.45, 7) is 20.4. The average Bonchev–Trinajstić information content (AvgIpc) is 3.58. The van der Waals surface area contributed by atoms with E-state index in [0.29, 0.717) is 5.89 Å². The summed E-state index contributed by atoms with van der Waals surface area (Å²) in [5.41, 5.74) is -1.68. The standard InChI is InChI=1S/C25H45N3O5Si/c1-15(2)18(26-22(29)32-23(3,4)5)19(33-34(9,10)24(6,7)8)20-27-28-21(31-20)25(30,16-11-12-16)17-13-14-17/h15-19,30H,11-14H2,1-10H3,(H,26,29). The molecule has 2 aliphatic carbocycles. The zero-order chi connectivity index (χ0) is 25.7. The maximum Gasteiger partial charge on any atom is 0.407 e. The number of carbonyl (C=O) groups is 1. The molecule has 0 bridgehead atoms. The van der Waals surface area contributed by atoms with E-state index in [9.17, 15) is 9.90 Å². The first-order chi connectivity index (χ1) is 15.5. The smallest absolute Gasteiger partial charge is 0.407 e. The second-order valence-electron chi connectivity index (χ2n) is 13.0. The predicted molar refractivity (Wildman–Crippen MR) is 133 cm³/mol. The number of hydrogen-bond acceptors (Lipinski definition) is 7. The summed E-state index contributed by atoms with van der Waals surface area (Å²) in [5, 5.41) is 23.2. The maximum atomic E-state index is 12.7. The molecule has 0 aliphatic heterocycles. The molecule has 2 atom stereocenters. The van der Waals surface area contributed by atoms with Gasteiger partial charge in [-0.15, -0.1) is 10.2 Å². The molecule has 2 fully saturated rings. The van der Waals surface area contributed by atoms with Crippen molar-refractivity contribution in [2.24, 2.45) is 17.8 Å². The van der Waals surface area contributed by atoms with Crippen LogP contribution in [-0.2, 0) is 14.8 Å². The second-order valence-corrected chi connectivity index (χ2v) is 17.8. The van der Waals surface area contributed by atoms with Crippen LogP contribution in [0.15, 0.2) is 4.42 Å². The molecule has 194 valence electrons. The van der Waals surface area contributed by atoms with Crippen LogP contribution < -0.4 is 5.32 Å². The first-order valence-corrected chi connectivity index (χ1v) is 15.6. The van der Waals surface area contributed by atoms with Crippen LogP contribution in [0.2, 0.25) is 18.1 Å². The fourth-order valence-electron chi connectivity index (χ4n) is 4.05. The summed E-state index contributed by atoms with van der Waals surface area (Å²) < 4.78 is 18.6. The highest BCUT2D eigenvalue weighted by atomic mass is 28.4. The number of carbonyl (C=O) groups excluding carboxylic acids is 1. The molecule has 34 heavy (non-hydrogen) atoms. The molecular formula is C25H45N3O5Si. The Morgan fingerprint density at radius 2 is 1.59 bits per heavy atom. The lowest BCUT2D eigenvalue weighted by molar-refractivity contribution is -0.0379. The normalized spacial score (nSPS) is 19.8. The zero-order valence-corrected chi connectivity index (χ0v) is 23.7. The Morgan fingerprint density at radius 3 is 2.00 bits per heavy atom. The summed E-state index contributed by atoms with van der Waals surface area (Å²) in [6.07, 6.45) is 2.74. The molecule has 1 aromatic heterocycles. The monoisotopic (exact) mass is 495 g/mol. The van der Waals surface area contributed by atoms with Crippen LogP contribution in [0, 0.1) is 17.8 Å². The largest absolute Gasteiger partial charge is 0.444 e. The number of rotatable bonds is 9. The second kappa shape index (κ2) is 9.21. The van der Waals surface area contributed by atoms with Gasteiger partial charge in [0.25, 0.3) is 0 Å². The minimum atomic E-state index is -2.30. The van der Waals surface area contributed by atoms with Crippen molar-refractivity contribution >= 4 is 14.4 Å². The van der Waals surface area contributed by atoms with Gasteiger partial charge in [0, 0.05) is 0 Å². The summed E-state index contributed by atoms with van der Waals surface area (Å²) in [4.78, 5) is 12.7. The molecule has 1 aromatic rings. The van der Waals surface area contributed by atoms with E-state index in [-0.39, 0.29) is 28.7 Å². The lowest BCUT2D eigenvalue weighted by Gasteiger charge is -2.41. The SMILES string of the molecule is CC(C)C(NC(=O)OC(C)(C)C)C(O[Si](C)(C)C(C)(C)C)c1nnc(C(O)(C2CC2)C2CC2)o1. The predicted octanol–water partition coefficient (Wildman–Crippen LogP) is 5.69. The highest BCUT2D eigenvalue weighted by molar-refractivity contribution is 6.74. The van der Waals surface area contributed by atoms with Crippen LogP contribution in [-0.4, -0.2) is 41.4 Å². The van der Waals surface area contributed by atoms with Gasteiger partial charge in [-0.05, 0) is 82.3 Å². The maximum absolute atomic E-state index is 12.7. The number of aromatic nitrogens is 2. The van der Waals surface area contributed by atoms with Crippen molar-refractivity contribution in [3.05, 3.63) is 11.8 Å². The van der Waals surface area contributed by atoms with Crippen LogP contribution in [0.4, 0.5) is 4.79 Å². The third kappa shape index (κ3) is 6.02. The van der Waals surface area contributed by atoms with Gasteiger partial charge in [0.1, 0.15) is 17.3 Å². The van der Waals surface area contributed by atoms with Crippen LogP contribution in [0.25, 0.3) is 0 Å². The average molecular weight is 496 g/mol. The molecule has 9 heteroatoms. The van der Waals surface area contributed by atoms with Crippen molar-refractivity contribution in [3.63, 3.8) is 0 Å². The molecule has 2 aliphatic rings. The summed E-state index contributed by atoms with van der Waals surface area (Å²) in [5.74, 6) is 0.941. The molecule has 0 radical (unpaired) electrons. The van der Waals surface area contributed by atoms with Crippen LogP contribution >= 0.6 is 0 Å². The third-order valence-corrected chi connectivity index (χ3v) is 11.8. The van der Waals surface area contributed by atoms with E-state index in [1.807, 2.05) is 34.6 Å². The van der Waals surface area contributed by atoms with Crippen molar-refractivity contribution in [3.8, 4) is 0 Å². The van der Waals surface area contributed by atoms with Crippen molar-refractivity contribution in [1.29, 1.82) is 0 Å². The van der Waals surface area contributed by atoms with E-state index in [2.05, 4.69) is 49.4 Å². The number of aliphatic hydroxyl groups is 1. The molecule has 2 N–H and O–H groups in total. The number of ether oxygens (including phenoxy) is 1. The van der Waals surface area contributed by atoms with E-state index in [1.165, 1.54) is 0 Å². The van der Waals surface area contributed by atoms with Gasteiger partial charge in [0.2, 0.25) is 11.8 Å². The van der Waals surface area contributed by atoms with Gasteiger partial charge in [-0.2, -0.15) is 0 Å². The van der Waals surface area contributed by atoms with Gasteiger partial charge in [-0.1, -0.05) is 34.6 Å². The van der Waals surface area contributed by atoms with Gasteiger partial charge < -0.3 is 24.0 Å². The highest BCUT2D eigenvalue weighted by Gasteiger charge is 2.58. The summed E-state index contributed by atoms with van der Waals surface area (Å²) >= 11 is 0.